The van der Waals surface area contributed by atoms with E-state index < -0.39 is 31.2 Å². The Morgan fingerprint density at radius 1 is 0.765 bits per heavy atom. The first-order chi connectivity index (χ1) is 6.56. The summed E-state index contributed by atoms with van der Waals surface area (Å²) in [7, 11) is -13.9. The van der Waals surface area contributed by atoms with Gasteiger partial charge in [0.1, 0.15) is 0 Å². The summed E-state index contributed by atoms with van der Waals surface area (Å²) in [6, 6.07) is 0. The van der Waals surface area contributed by atoms with Gasteiger partial charge in [-0.15, -0.1) is 0 Å². The summed E-state index contributed by atoms with van der Waals surface area (Å²) in [4.78, 5) is 0. The van der Waals surface area contributed by atoms with Crippen molar-refractivity contribution in [1.29, 1.82) is 0 Å². The van der Waals surface area contributed by atoms with Crippen molar-refractivity contribution in [2.45, 2.75) is 0 Å². The number of rotatable bonds is 1. The van der Waals surface area contributed by atoms with Crippen LogP contribution in [0.15, 0.2) is 0 Å². The molecule has 13 nitrogen and oxygen atoms in total. The Labute approximate surface area is 141 Å². The van der Waals surface area contributed by atoms with Gasteiger partial charge in [0.2, 0.25) is 0 Å². The molecule has 0 radical (unpaired) electrons. The summed E-state index contributed by atoms with van der Waals surface area (Å²) in [5.41, 5.74) is 0. The van der Waals surface area contributed by atoms with Crippen LogP contribution in [0.5, 0.6) is 0 Å². The molecule has 0 aliphatic heterocycles. The predicted octanol–water partition coefficient (Wildman–Crippen LogP) is -4.80. The molecule has 0 spiro atoms. The van der Waals surface area contributed by atoms with E-state index in [0.717, 1.165) is 0 Å². The first-order valence-corrected chi connectivity index (χ1v) is 6.42. The first-order valence-electron chi connectivity index (χ1n) is 2.26. The Hall–Kier alpha value is 1.21. The largest absolute Gasteiger partial charge is 1.00 e. The summed E-state index contributed by atoms with van der Waals surface area (Å²) in [5.74, 6) is 0. The van der Waals surface area contributed by atoms with E-state index in [4.69, 9.17) is 53.3 Å². The molecule has 0 fully saturated rings. The minimum atomic E-state index is -4.67. The summed E-state index contributed by atoms with van der Waals surface area (Å²) in [6.45, 7) is 0. The Morgan fingerprint density at radius 2 is 0.824 bits per heavy atom. The summed E-state index contributed by atoms with van der Waals surface area (Å²) in [5, 5.41) is 7.06. The molecular weight excluding hydrogens is 343 g/mol. The zero-order chi connectivity index (χ0) is 14.2. The SMILES string of the molecule is O=S(=O)(O)O.O=S(=O)(O)O.O=S(=O)(O)OO.[H+].[H-].[K+]. The Bertz CT molecular complexity index is 410. The van der Waals surface area contributed by atoms with Gasteiger partial charge in [0.05, 0.1) is 0 Å². The van der Waals surface area contributed by atoms with Crippen LogP contribution in [0.4, 0.5) is 0 Å². The van der Waals surface area contributed by atoms with Gasteiger partial charge < -0.3 is 1.43 Å². The Kier molecular flexibility index (Phi) is 17.4. The van der Waals surface area contributed by atoms with Crippen LogP contribution in [0.2, 0.25) is 0 Å². The predicted molar refractivity (Wildman–Crippen MR) is 45.8 cm³/mol. The van der Waals surface area contributed by atoms with Crippen LogP contribution in [-0.4, -0.2) is 53.3 Å². The average Bonchev–Trinajstić information content (AvgIpc) is 1.77. The third-order valence-electron chi connectivity index (χ3n) is 0.0942. The summed E-state index contributed by atoms with van der Waals surface area (Å²) in [6.07, 6.45) is 0. The minimum Gasteiger partial charge on any atom is -1.00 e. The van der Waals surface area contributed by atoms with Crippen LogP contribution in [0.3, 0.4) is 0 Å². The minimum absolute atomic E-state index is 0. The molecule has 0 unspecified atom stereocenters. The average molecular weight is 351 g/mol. The van der Waals surface area contributed by atoms with Crippen LogP contribution in [0.1, 0.15) is 2.85 Å². The van der Waals surface area contributed by atoms with Gasteiger partial charge in [0.15, 0.2) is 0 Å². The van der Waals surface area contributed by atoms with Gasteiger partial charge in [-0.3, -0.25) is 22.8 Å². The Balaban J connectivity index is -0.0000000311. The molecule has 0 aliphatic rings. The fraction of sp³-hybridized carbons (Fsp3) is 0. The van der Waals surface area contributed by atoms with E-state index in [9.17, 15) is 0 Å². The summed E-state index contributed by atoms with van der Waals surface area (Å²) >= 11 is 0. The van der Waals surface area contributed by atoms with Crippen molar-refractivity contribution in [3.05, 3.63) is 0 Å². The van der Waals surface area contributed by atoms with E-state index in [0.29, 0.717) is 0 Å². The standard InChI is InChI=1S/K.H2O5S.2H2O4S.H/c;1-5-6(2,3)4;2*1-5(2,3)4;/h;1H,(H,2,3,4);2*(H2,1,2,3,4);/q+1;;;;-1/p+1. The topological polar surface area (TPSA) is 233 Å². The van der Waals surface area contributed by atoms with Crippen molar-refractivity contribution in [3.63, 3.8) is 0 Å². The second kappa shape index (κ2) is 11.1. The van der Waals surface area contributed by atoms with Gasteiger partial charge in [-0.1, -0.05) is 4.33 Å². The second-order valence-corrected chi connectivity index (χ2v) is 4.19. The monoisotopic (exact) mass is 351 g/mol. The second-order valence-electron chi connectivity index (χ2n) is 1.40. The van der Waals surface area contributed by atoms with Crippen molar-refractivity contribution < 1.29 is 112 Å². The van der Waals surface area contributed by atoms with Gasteiger partial charge in [-0.2, -0.15) is 25.3 Å². The quantitative estimate of drug-likeness (QED) is 0.113. The normalized spacial score (nSPS) is 10.9. The zero-order valence-electron chi connectivity index (χ0n) is 9.77. The van der Waals surface area contributed by atoms with Crippen LogP contribution >= 0.6 is 0 Å². The molecule has 17 heteroatoms. The van der Waals surface area contributed by atoms with Gasteiger partial charge in [0, 0.05) is 0 Å². The molecule has 0 saturated carbocycles. The van der Waals surface area contributed by atoms with Crippen molar-refractivity contribution >= 4 is 31.2 Å². The van der Waals surface area contributed by atoms with E-state index in [2.05, 4.69) is 4.33 Å². The molecule has 0 atom stereocenters. The smallest absolute Gasteiger partial charge is 1.00 e. The van der Waals surface area contributed by atoms with Crippen molar-refractivity contribution in [1.82, 2.24) is 0 Å². The fourth-order valence-corrected chi connectivity index (χ4v) is 0. The molecule has 0 rings (SSSR count). The number of hydrogen-bond donors (Lipinski definition) is 6. The molecule has 17 heavy (non-hydrogen) atoms. The maximum atomic E-state index is 9.08. The van der Waals surface area contributed by atoms with Crippen molar-refractivity contribution in [2.24, 2.45) is 0 Å². The summed E-state index contributed by atoms with van der Waals surface area (Å²) < 4.78 is 91.1. The first kappa shape index (κ1) is 26.7. The van der Waals surface area contributed by atoms with E-state index in [1.807, 2.05) is 0 Å². The van der Waals surface area contributed by atoms with Gasteiger partial charge in [-0.05, 0) is 0 Å². The molecule has 0 aromatic heterocycles. The third-order valence-corrected chi connectivity index (χ3v) is 0.283. The molecule has 0 bridgehead atoms. The zero-order valence-corrected chi connectivity index (χ0v) is 13.3. The van der Waals surface area contributed by atoms with Crippen molar-refractivity contribution in [3.8, 4) is 0 Å². The maximum absolute atomic E-state index is 9.08. The van der Waals surface area contributed by atoms with Gasteiger partial charge in [-0.25, -0.2) is 5.26 Å². The van der Waals surface area contributed by atoms with Gasteiger partial charge in [0.25, 0.3) is 0 Å². The van der Waals surface area contributed by atoms with Crippen LogP contribution in [0.25, 0.3) is 0 Å². The van der Waals surface area contributed by atoms with Crippen molar-refractivity contribution in [2.75, 3.05) is 0 Å². The van der Waals surface area contributed by atoms with E-state index in [-0.39, 0.29) is 54.2 Å². The molecule has 0 heterocycles. The molecular formula is H8KO13S3+. The third kappa shape index (κ3) is 225. The molecule has 6 N–H and O–H groups in total. The van der Waals surface area contributed by atoms with Crippen LogP contribution in [-0.2, 0) is 35.5 Å². The van der Waals surface area contributed by atoms with Crippen LogP contribution in [0, 0.1) is 0 Å². The molecule has 0 amide bonds. The molecule has 0 aliphatic carbocycles. The van der Waals surface area contributed by atoms with E-state index >= 15 is 0 Å². The maximum Gasteiger partial charge on any atom is 1.00 e. The Morgan fingerprint density at radius 3 is 0.824 bits per heavy atom. The van der Waals surface area contributed by atoms with Crippen LogP contribution < -0.4 is 51.4 Å². The molecule has 104 valence electrons. The molecule has 0 aromatic carbocycles. The molecule has 0 aromatic rings. The van der Waals surface area contributed by atoms with E-state index in [1.54, 1.807) is 0 Å². The fourth-order valence-electron chi connectivity index (χ4n) is 0. The molecule has 0 saturated heterocycles. The van der Waals surface area contributed by atoms with E-state index in [1.165, 1.54) is 0 Å². The van der Waals surface area contributed by atoms with Gasteiger partial charge >= 0.3 is 84.0 Å². The number of hydrogen-bond acceptors (Lipinski definition) is 8.